The number of rotatable bonds is 8. The molecule has 6 rings (SSSR count). The molecule has 4 nitrogen and oxygen atoms in total. The van der Waals surface area contributed by atoms with Gasteiger partial charge in [0.2, 0.25) is 0 Å². The average Bonchev–Trinajstić information content (AvgIpc) is 3.08. The zero-order chi connectivity index (χ0) is 32.5. The van der Waals surface area contributed by atoms with Gasteiger partial charge in [0.25, 0.3) is 0 Å². The molecule has 0 amide bonds. The molecule has 0 aliphatic heterocycles. The van der Waals surface area contributed by atoms with Crippen molar-refractivity contribution < 1.29 is 0 Å². The fourth-order valence-electron chi connectivity index (χ4n) is 5.84. The summed E-state index contributed by atoms with van der Waals surface area (Å²) in [6.07, 6.45) is 2.13. The third-order valence-corrected chi connectivity index (χ3v) is 8.70. The van der Waals surface area contributed by atoms with Crippen LogP contribution in [0.1, 0.15) is 59.1 Å². The molecule has 0 fully saturated rings. The summed E-state index contributed by atoms with van der Waals surface area (Å²) < 4.78 is 0. The van der Waals surface area contributed by atoms with Gasteiger partial charge < -0.3 is 22.9 Å². The lowest BCUT2D eigenvalue weighted by Gasteiger charge is -2.16. The largest absolute Gasteiger partial charge is 0.399 e. The Morgan fingerprint density at radius 1 is 0.413 bits per heavy atom. The van der Waals surface area contributed by atoms with E-state index in [4.69, 9.17) is 22.9 Å². The zero-order valence-electron chi connectivity index (χ0n) is 26.7. The number of aryl methyl sites for hydroxylation is 2. The smallest absolute Gasteiger partial charge is 0.0373 e. The highest BCUT2D eigenvalue weighted by atomic mass is 14.6. The van der Waals surface area contributed by atoms with Crippen LogP contribution in [0.15, 0.2) is 146 Å². The van der Waals surface area contributed by atoms with Crippen LogP contribution >= 0.6 is 0 Å². The quantitative estimate of drug-likeness (QED) is 0.130. The highest BCUT2D eigenvalue weighted by Gasteiger charge is 2.13. The lowest BCUT2D eigenvalue weighted by atomic mass is 9.90. The topological polar surface area (TPSA) is 104 Å². The number of hydrogen-bond acceptors (Lipinski definition) is 4. The van der Waals surface area contributed by atoms with Gasteiger partial charge >= 0.3 is 0 Å². The number of anilines is 4. The van der Waals surface area contributed by atoms with E-state index >= 15 is 0 Å². The Labute approximate surface area is 273 Å². The number of hydrogen-bond donors (Lipinski definition) is 4. The predicted octanol–water partition coefficient (Wildman–Crippen LogP) is 9.46. The molecule has 2 atom stereocenters. The zero-order valence-corrected chi connectivity index (χ0v) is 26.7. The molecule has 0 aromatic heterocycles. The van der Waals surface area contributed by atoms with Crippen molar-refractivity contribution in [3.05, 3.63) is 179 Å². The predicted molar refractivity (Wildman–Crippen MR) is 198 cm³/mol. The molecule has 2 unspecified atom stereocenters. The first-order valence-electron chi connectivity index (χ1n) is 15.9. The number of benzene rings is 6. The summed E-state index contributed by atoms with van der Waals surface area (Å²) in [6.45, 7) is 4.35. The first-order valence-corrected chi connectivity index (χ1v) is 15.9. The molecular weight excluding hydrogens is 560 g/mol. The van der Waals surface area contributed by atoms with Gasteiger partial charge in [-0.2, -0.15) is 0 Å². The van der Waals surface area contributed by atoms with Gasteiger partial charge in [0, 0.05) is 34.6 Å². The van der Waals surface area contributed by atoms with Crippen molar-refractivity contribution in [2.75, 3.05) is 22.9 Å². The van der Waals surface area contributed by atoms with E-state index in [1.54, 1.807) is 0 Å². The summed E-state index contributed by atoms with van der Waals surface area (Å²) in [5.74, 6) is 0.499. The summed E-state index contributed by atoms with van der Waals surface area (Å²) in [5, 5.41) is 0. The van der Waals surface area contributed by atoms with Crippen LogP contribution in [0.3, 0.4) is 0 Å². The summed E-state index contributed by atoms with van der Waals surface area (Å²) in [7, 11) is 0. The normalized spacial score (nSPS) is 12.0. The highest BCUT2D eigenvalue weighted by molar-refractivity contribution is 5.65. The van der Waals surface area contributed by atoms with Gasteiger partial charge in [0.05, 0.1) is 0 Å². The standard InChI is InChI=1S/C22H24N2.C20H20N2/c1-16(21-14-13-20(23)15-22(21)24)19-11-9-18(10-12-19)8-7-17-5-3-2-4-6-17;1-14(19-12-11-18(21)13-20(19)22)15-7-9-17(10-8-15)16-5-3-2-4-6-16/h2-6,9-16H,7-8,23-24H2,1H3;2-14H,21-22H2,1H3. The molecule has 6 aromatic carbocycles. The van der Waals surface area contributed by atoms with Crippen molar-refractivity contribution in [3.8, 4) is 11.1 Å². The molecule has 0 heterocycles. The Morgan fingerprint density at radius 3 is 1.26 bits per heavy atom. The second-order valence-corrected chi connectivity index (χ2v) is 11.9. The van der Waals surface area contributed by atoms with Crippen molar-refractivity contribution in [2.24, 2.45) is 0 Å². The van der Waals surface area contributed by atoms with Crippen molar-refractivity contribution >= 4 is 22.7 Å². The van der Waals surface area contributed by atoms with Gasteiger partial charge in [-0.1, -0.05) is 135 Å². The van der Waals surface area contributed by atoms with Crippen LogP contribution < -0.4 is 22.9 Å². The van der Waals surface area contributed by atoms with Crippen LogP contribution in [-0.2, 0) is 12.8 Å². The first-order chi connectivity index (χ1) is 22.3. The van der Waals surface area contributed by atoms with E-state index in [-0.39, 0.29) is 11.8 Å². The summed E-state index contributed by atoms with van der Waals surface area (Å²) in [5.41, 5.74) is 36.7. The monoisotopic (exact) mass is 604 g/mol. The molecule has 0 radical (unpaired) electrons. The van der Waals surface area contributed by atoms with Crippen LogP contribution in [0.25, 0.3) is 11.1 Å². The summed E-state index contributed by atoms with van der Waals surface area (Å²) in [6, 6.07) is 50.0. The Kier molecular flexibility index (Phi) is 10.4. The molecule has 0 saturated carbocycles. The summed E-state index contributed by atoms with van der Waals surface area (Å²) in [4.78, 5) is 0. The maximum atomic E-state index is 6.12. The van der Waals surface area contributed by atoms with Gasteiger partial charge in [0.15, 0.2) is 0 Å². The fraction of sp³-hybridized carbons (Fsp3) is 0.143. The molecule has 232 valence electrons. The van der Waals surface area contributed by atoms with E-state index in [0.717, 1.165) is 35.3 Å². The molecule has 46 heavy (non-hydrogen) atoms. The number of nitrogen functional groups attached to an aromatic ring is 4. The molecule has 0 saturated heterocycles. The third-order valence-electron chi connectivity index (χ3n) is 8.70. The van der Waals surface area contributed by atoms with Crippen molar-refractivity contribution in [3.63, 3.8) is 0 Å². The average molecular weight is 605 g/mol. The molecule has 0 spiro atoms. The van der Waals surface area contributed by atoms with Crippen LogP contribution in [0, 0.1) is 0 Å². The van der Waals surface area contributed by atoms with E-state index < -0.39 is 0 Å². The third kappa shape index (κ3) is 8.16. The molecule has 0 aliphatic carbocycles. The minimum absolute atomic E-state index is 0.241. The van der Waals surface area contributed by atoms with Gasteiger partial charge in [-0.15, -0.1) is 0 Å². The van der Waals surface area contributed by atoms with Crippen LogP contribution in [0.5, 0.6) is 0 Å². The van der Waals surface area contributed by atoms with E-state index in [1.165, 1.54) is 33.4 Å². The molecule has 8 N–H and O–H groups in total. The summed E-state index contributed by atoms with van der Waals surface area (Å²) >= 11 is 0. The maximum absolute atomic E-state index is 6.12. The van der Waals surface area contributed by atoms with Crippen molar-refractivity contribution in [2.45, 2.75) is 38.5 Å². The van der Waals surface area contributed by atoms with E-state index in [9.17, 15) is 0 Å². The molecule has 6 aromatic rings. The Morgan fingerprint density at radius 2 is 0.804 bits per heavy atom. The SMILES string of the molecule is CC(c1ccc(-c2ccccc2)cc1)c1ccc(N)cc1N.CC(c1ccc(CCc2ccccc2)cc1)c1ccc(N)cc1N. The van der Waals surface area contributed by atoms with Crippen molar-refractivity contribution in [1.82, 2.24) is 0 Å². The molecule has 4 heteroatoms. The van der Waals surface area contributed by atoms with Crippen molar-refractivity contribution in [1.29, 1.82) is 0 Å². The van der Waals surface area contributed by atoms with Gasteiger partial charge in [-0.25, -0.2) is 0 Å². The van der Waals surface area contributed by atoms with Gasteiger partial charge in [0.1, 0.15) is 0 Å². The highest BCUT2D eigenvalue weighted by Crippen LogP contribution is 2.32. The molecule has 0 bridgehead atoms. The maximum Gasteiger partial charge on any atom is 0.0373 e. The first kappa shape index (κ1) is 31.9. The molecule has 0 aliphatic rings. The second-order valence-electron chi connectivity index (χ2n) is 11.9. The lowest BCUT2D eigenvalue weighted by Crippen LogP contribution is -2.02. The number of nitrogens with two attached hydrogens (primary N) is 4. The second kappa shape index (κ2) is 15.0. The Balaban J connectivity index is 0.000000182. The molecular formula is C42H44N4. The Hall–Kier alpha value is -5.48. The lowest BCUT2D eigenvalue weighted by molar-refractivity contribution is 0.915. The van der Waals surface area contributed by atoms with Crippen LogP contribution in [-0.4, -0.2) is 0 Å². The van der Waals surface area contributed by atoms with E-state index in [2.05, 4.69) is 117 Å². The van der Waals surface area contributed by atoms with Crippen LogP contribution in [0.4, 0.5) is 22.7 Å². The van der Waals surface area contributed by atoms with E-state index in [1.807, 2.05) is 42.5 Å². The minimum atomic E-state index is 0.241. The minimum Gasteiger partial charge on any atom is -0.399 e. The van der Waals surface area contributed by atoms with Gasteiger partial charge in [-0.3, -0.25) is 0 Å². The van der Waals surface area contributed by atoms with Crippen LogP contribution in [0.2, 0.25) is 0 Å². The Bertz CT molecular complexity index is 1830. The van der Waals surface area contributed by atoms with E-state index in [0.29, 0.717) is 11.4 Å². The fourth-order valence-corrected chi connectivity index (χ4v) is 5.84. The van der Waals surface area contributed by atoms with Gasteiger partial charge in [-0.05, 0) is 81.6 Å².